The van der Waals surface area contributed by atoms with Gasteiger partial charge >= 0.3 is 5.97 Å². The Labute approximate surface area is 310 Å². The summed E-state index contributed by atoms with van der Waals surface area (Å²) in [4.78, 5) is 14.3. The number of halogens is 1. The molecule has 0 amide bonds. The summed E-state index contributed by atoms with van der Waals surface area (Å²) < 4.78 is 37.2. The van der Waals surface area contributed by atoms with Gasteiger partial charge in [0.05, 0.1) is 29.2 Å². The molecule has 1 saturated carbocycles. The van der Waals surface area contributed by atoms with Gasteiger partial charge in [-0.3, -0.25) is 0 Å². The number of fused-ring (bicyclic) bond motifs is 3. The smallest absolute Gasteiger partial charge is 0.335 e. The number of aromatic carboxylic acids is 1. The molecule has 4 N–H and O–H groups in total. The number of anilines is 1. The van der Waals surface area contributed by atoms with Crippen LogP contribution in [-0.4, -0.2) is 70.6 Å². The lowest BCUT2D eigenvalue weighted by Gasteiger charge is -2.45. The second-order valence-electron chi connectivity index (χ2n) is 16.8. The number of sulfonamides is 1. The SMILES string of the molecule is CC(C[C@H](/C=C/[C@H](O)[C@@H]1CC[C@H]1CN1C[C@@]2(CCCc3cc(Cl)ccc32)COc2ccc(C(=O)O)cc21)CCO[Si](C)(C)C(C)(C)C)S(N)(=O)=O. The molecule has 51 heavy (non-hydrogen) atoms. The minimum Gasteiger partial charge on any atom is -0.490 e. The van der Waals surface area contributed by atoms with Gasteiger partial charge in [-0.1, -0.05) is 50.6 Å². The number of aliphatic hydroxyl groups excluding tert-OH is 1. The van der Waals surface area contributed by atoms with E-state index in [-0.39, 0.29) is 33.8 Å². The Kier molecular flexibility index (Phi) is 12.1. The molecule has 9 nitrogen and oxygen atoms in total. The molecule has 2 aromatic rings. The first-order valence-electron chi connectivity index (χ1n) is 18.4. The van der Waals surface area contributed by atoms with Crippen LogP contribution in [0.2, 0.25) is 23.2 Å². The van der Waals surface area contributed by atoms with E-state index in [0.29, 0.717) is 44.9 Å². The van der Waals surface area contributed by atoms with Gasteiger partial charge in [-0.05, 0) is 129 Å². The molecule has 2 aliphatic carbocycles. The number of hydrogen-bond donors (Lipinski definition) is 3. The first kappa shape index (κ1) is 39.8. The van der Waals surface area contributed by atoms with Crippen molar-refractivity contribution in [2.45, 2.75) is 108 Å². The van der Waals surface area contributed by atoms with Crippen molar-refractivity contribution in [1.29, 1.82) is 0 Å². The molecule has 6 atom stereocenters. The van der Waals surface area contributed by atoms with Gasteiger partial charge in [-0.2, -0.15) is 0 Å². The normalized spacial score (nSPS) is 24.2. The van der Waals surface area contributed by atoms with Crippen molar-refractivity contribution >= 4 is 41.6 Å². The molecule has 0 bridgehead atoms. The second-order valence-corrected chi connectivity index (χ2v) is 24.0. The monoisotopic (exact) mass is 760 g/mol. The van der Waals surface area contributed by atoms with Crippen LogP contribution in [0.5, 0.6) is 5.75 Å². The van der Waals surface area contributed by atoms with Gasteiger partial charge in [0, 0.05) is 30.1 Å². The van der Waals surface area contributed by atoms with Gasteiger partial charge in [0.1, 0.15) is 5.75 Å². The fourth-order valence-corrected chi connectivity index (χ4v) is 9.52. The van der Waals surface area contributed by atoms with Gasteiger partial charge in [0.2, 0.25) is 10.0 Å². The second kappa shape index (κ2) is 15.5. The van der Waals surface area contributed by atoms with E-state index in [2.05, 4.69) is 50.9 Å². The van der Waals surface area contributed by atoms with Gasteiger partial charge in [-0.25, -0.2) is 18.4 Å². The van der Waals surface area contributed by atoms with E-state index in [9.17, 15) is 23.4 Å². The number of nitrogens with zero attached hydrogens (tertiary/aromatic N) is 1. The highest BCUT2D eigenvalue weighted by Gasteiger charge is 2.44. The van der Waals surface area contributed by atoms with Crippen LogP contribution < -0.4 is 14.8 Å². The number of carbonyl (C=O) groups is 1. The molecule has 1 unspecified atom stereocenters. The van der Waals surface area contributed by atoms with Crippen LogP contribution in [0.4, 0.5) is 5.69 Å². The van der Waals surface area contributed by atoms with Crippen molar-refractivity contribution in [3.05, 3.63) is 70.3 Å². The van der Waals surface area contributed by atoms with Crippen LogP contribution in [0.15, 0.2) is 48.6 Å². The van der Waals surface area contributed by atoms with Crippen LogP contribution in [0, 0.1) is 17.8 Å². The molecular weight excluding hydrogens is 704 g/mol. The minimum absolute atomic E-state index is 0.00437. The van der Waals surface area contributed by atoms with Crippen molar-refractivity contribution in [2.24, 2.45) is 22.9 Å². The third-order valence-electron chi connectivity index (χ3n) is 12.2. The summed E-state index contributed by atoms with van der Waals surface area (Å²) in [6.45, 7) is 14.9. The Bertz CT molecular complexity index is 1710. The van der Waals surface area contributed by atoms with Crippen LogP contribution >= 0.6 is 11.6 Å². The number of aryl methyl sites for hydroxylation is 1. The third-order valence-corrected chi connectivity index (χ3v) is 18.3. The van der Waals surface area contributed by atoms with Crippen molar-refractivity contribution in [3.8, 4) is 5.75 Å². The molecule has 0 radical (unpaired) electrons. The summed E-state index contributed by atoms with van der Waals surface area (Å²) in [5, 5.41) is 27.0. The number of carboxylic acids is 1. The predicted molar refractivity (Wildman–Crippen MR) is 207 cm³/mol. The first-order chi connectivity index (χ1) is 23.8. The van der Waals surface area contributed by atoms with Crippen molar-refractivity contribution in [2.75, 3.05) is 31.2 Å². The molecule has 5 rings (SSSR count). The molecule has 3 aliphatic rings. The van der Waals surface area contributed by atoms with Crippen LogP contribution in [-0.2, 0) is 26.3 Å². The van der Waals surface area contributed by atoms with Gasteiger partial charge < -0.3 is 24.3 Å². The van der Waals surface area contributed by atoms with E-state index in [1.165, 1.54) is 11.1 Å². The lowest BCUT2D eigenvalue weighted by molar-refractivity contribution is 0.0453. The molecule has 282 valence electrons. The summed E-state index contributed by atoms with van der Waals surface area (Å²) in [6, 6.07) is 11.2. The fourth-order valence-electron chi connectivity index (χ4n) is 7.75. The quantitative estimate of drug-likeness (QED) is 0.141. The van der Waals surface area contributed by atoms with Crippen LogP contribution in [0.1, 0.15) is 87.7 Å². The highest BCUT2D eigenvalue weighted by molar-refractivity contribution is 7.89. The molecule has 2 aromatic carbocycles. The Morgan fingerprint density at radius 1 is 1.20 bits per heavy atom. The average Bonchev–Trinajstić information content (AvgIpc) is 3.17. The predicted octanol–water partition coefficient (Wildman–Crippen LogP) is 7.55. The molecule has 1 spiro atoms. The maximum atomic E-state index is 12.2. The topological polar surface area (TPSA) is 139 Å². The average molecular weight is 761 g/mol. The van der Waals surface area contributed by atoms with Crippen molar-refractivity contribution < 1.29 is 32.6 Å². The summed E-state index contributed by atoms with van der Waals surface area (Å²) >= 11 is 6.41. The lowest BCUT2D eigenvalue weighted by atomic mass is 9.68. The number of hydrogen-bond acceptors (Lipinski definition) is 7. The number of carboxylic acid groups (broad SMARTS) is 1. The largest absolute Gasteiger partial charge is 0.490 e. The van der Waals surface area contributed by atoms with E-state index < -0.39 is 35.7 Å². The molecule has 12 heteroatoms. The van der Waals surface area contributed by atoms with Crippen molar-refractivity contribution in [3.63, 3.8) is 0 Å². The molecule has 1 aliphatic heterocycles. The highest BCUT2D eigenvalue weighted by Crippen LogP contribution is 2.47. The van der Waals surface area contributed by atoms with E-state index >= 15 is 0 Å². The summed E-state index contributed by atoms with van der Waals surface area (Å²) in [6.07, 6.45) is 8.77. The molecule has 1 fully saturated rings. The Morgan fingerprint density at radius 3 is 2.59 bits per heavy atom. The zero-order chi connectivity index (χ0) is 37.4. The van der Waals surface area contributed by atoms with Crippen LogP contribution in [0.3, 0.4) is 0 Å². The number of nitrogens with two attached hydrogens (primary N) is 1. The highest BCUT2D eigenvalue weighted by atomic mass is 35.5. The maximum absolute atomic E-state index is 12.2. The van der Waals surface area contributed by atoms with Gasteiger partial charge in [0.25, 0.3) is 0 Å². The van der Waals surface area contributed by atoms with E-state index in [1.54, 1.807) is 25.1 Å². The Balaban J connectivity index is 1.36. The standard InChI is InChI=1S/C39H57ClN2O7SSi/c1-26(50(41,46)47)20-27(17-19-49-51(5,6)38(2,3)4)9-15-35(43)32-13-10-30(32)23-42-24-39(18-7-8-28-21-31(40)12-14-33(28)39)25-48-36-16-11-29(37(44)45)22-34(36)42/h9,11-12,14-16,21-22,26-27,30,32,35,43H,7-8,10,13,17-20,23-25H2,1-6H3,(H,44,45)(H2,41,46,47)/b15-9+/t26?,27-,30+,32-,35+,39+/m1/s1. The number of benzene rings is 2. The molecular formula is C39H57ClN2O7SSi. The zero-order valence-corrected chi connectivity index (χ0v) is 33.6. The molecule has 0 saturated heterocycles. The van der Waals surface area contributed by atoms with Crippen molar-refractivity contribution in [1.82, 2.24) is 0 Å². The number of rotatable bonds is 13. The zero-order valence-electron chi connectivity index (χ0n) is 31.0. The summed E-state index contributed by atoms with van der Waals surface area (Å²) in [5.41, 5.74) is 3.15. The molecule has 1 heterocycles. The Morgan fingerprint density at radius 2 is 1.94 bits per heavy atom. The number of primary sulfonamides is 1. The third kappa shape index (κ3) is 9.22. The Hall–Kier alpha value is -2.41. The number of ether oxygens (including phenoxy) is 1. The number of allylic oxidation sites excluding steroid dienone is 1. The van der Waals surface area contributed by atoms with E-state index in [4.69, 9.17) is 25.9 Å². The number of aliphatic hydroxyl groups is 1. The lowest BCUT2D eigenvalue weighted by Crippen LogP contribution is -2.49. The first-order valence-corrected chi connectivity index (χ1v) is 23.3. The van der Waals surface area contributed by atoms with E-state index in [1.807, 2.05) is 18.2 Å². The minimum atomic E-state index is -3.70. The molecule has 0 aromatic heterocycles. The van der Waals surface area contributed by atoms with Gasteiger partial charge in [0.15, 0.2) is 8.32 Å². The summed E-state index contributed by atoms with van der Waals surface area (Å²) in [7, 11) is -5.69. The maximum Gasteiger partial charge on any atom is 0.335 e. The fraction of sp³-hybridized carbons (Fsp3) is 0.615. The van der Waals surface area contributed by atoms with E-state index in [0.717, 1.165) is 42.8 Å². The van der Waals surface area contributed by atoms with Gasteiger partial charge in [-0.15, -0.1) is 0 Å². The van der Waals surface area contributed by atoms with Crippen LogP contribution in [0.25, 0.3) is 0 Å². The summed E-state index contributed by atoms with van der Waals surface area (Å²) in [5.74, 6) is -0.276.